The van der Waals surface area contributed by atoms with Crippen molar-refractivity contribution in [3.8, 4) is 0 Å². The average molecular weight is 290 g/mol. The number of hydrogen-bond donors (Lipinski definition) is 1. The SMILES string of the molecule is CC(C(=O)NC1C2CC3CC(C2)CC1C3)N1CCCCC1. The van der Waals surface area contributed by atoms with Gasteiger partial charge in [0.2, 0.25) is 5.91 Å². The third-order valence-electron chi connectivity index (χ3n) is 6.85. The molecule has 0 spiro atoms. The fraction of sp³-hybridized carbons (Fsp3) is 0.944. The molecular weight excluding hydrogens is 260 g/mol. The van der Waals surface area contributed by atoms with Gasteiger partial charge in [-0.3, -0.25) is 9.69 Å². The summed E-state index contributed by atoms with van der Waals surface area (Å²) in [6.07, 6.45) is 10.9. The van der Waals surface area contributed by atoms with Crippen LogP contribution in [0.2, 0.25) is 0 Å². The van der Waals surface area contributed by atoms with Crippen molar-refractivity contribution in [1.82, 2.24) is 10.2 Å². The summed E-state index contributed by atoms with van der Waals surface area (Å²) in [4.78, 5) is 15.1. The number of rotatable bonds is 3. The third kappa shape index (κ3) is 2.62. The molecule has 1 N–H and O–H groups in total. The maximum absolute atomic E-state index is 12.7. The number of amides is 1. The van der Waals surface area contributed by atoms with Crippen LogP contribution < -0.4 is 5.32 Å². The molecule has 5 aliphatic rings. The molecule has 3 nitrogen and oxygen atoms in total. The Morgan fingerprint density at radius 3 is 2.10 bits per heavy atom. The lowest BCUT2D eigenvalue weighted by molar-refractivity contribution is -0.130. The standard InChI is InChI=1S/C18H30N2O/c1-12(20-5-3-2-4-6-20)18(21)19-17-15-8-13-7-14(10-15)11-16(17)9-13/h12-17H,2-11H2,1H3,(H,19,21). The Bertz CT molecular complexity index is 374. The fourth-order valence-electron chi connectivity index (χ4n) is 5.92. The lowest BCUT2D eigenvalue weighted by Gasteiger charge is -2.54. The maximum Gasteiger partial charge on any atom is 0.237 e. The molecule has 1 amide bonds. The van der Waals surface area contributed by atoms with E-state index in [2.05, 4.69) is 17.1 Å². The van der Waals surface area contributed by atoms with Crippen molar-refractivity contribution in [2.45, 2.75) is 70.4 Å². The van der Waals surface area contributed by atoms with Crippen molar-refractivity contribution < 1.29 is 4.79 Å². The first kappa shape index (κ1) is 14.0. The van der Waals surface area contributed by atoms with Gasteiger partial charge in [-0.25, -0.2) is 0 Å². The van der Waals surface area contributed by atoms with Gasteiger partial charge in [0.25, 0.3) is 0 Å². The molecule has 0 radical (unpaired) electrons. The highest BCUT2D eigenvalue weighted by molar-refractivity contribution is 5.81. The molecule has 1 atom stereocenters. The van der Waals surface area contributed by atoms with E-state index in [9.17, 15) is 4.79 Å². The van der Waals surface area contributed by atoms with Crippen LogP contribution in [0.15, 0.2) is 0 Å². The van der Waals surface area contributed by atoms with Gasteiger partial charge >= 0.3 is 0 Å². The van der Waals surface area contributed by atoms with Gasteiger partial charge in [-0.2, -0.15) is 0 Å². The van der Waals surface area contributed by atoms with Gasteiger partial charge in [0.1, 0.15) is 0 Å². The summed E-state index contributed by atoms with van der Waals surface area (Å²) in [6.45, 7) is 4.32. The molecular formula is C18H30N2O. The molecule has 0 aromatic rings. The van der Waals surface area contributed by atoms with Crippen LogP contribution in [0.3, 0.4) is 0 Å². The Balaban J connectivity index is 1.38. The molecule has 4 aliphatic carbocycles. The van der Waals surface area contributed by atoms with E-state index < -0.39 is 0 Å². The molecule has 5 fully saturated rings. The molecule has 1 saturated heterocycles. The van der Waals surface area contributed by atoms with Crippen molar-refractivity contribution in [1.29, 1.82) is 0 Å². The zero-order valence-corrected chi connectivity index (χ0v) is 13.4. The summed E-state index contributed by atoms with van der Waals surface area (Å²) in [5.74, 6) is 3.85. The highest BCUT2D eigenvalue weighted by Crippen LogP contribution is 2.53. The molecule has 1 aliphatic heterocycles. The fourth-order valence-corrected chi connectivity index (χ4v) is 5.92. The molecule has 1 unspecified atom stereocenters. The zero-order chi connectivity index (χ0) is 14.4. The van der Waals surface area contributed by atoms with Crippen LogP contribution in [-0.2, 0) is 4.79 Å². The molecule has 3 heteroatoms. The second-order valence-corrected chi connectivity index (χ2v) is 8.24. The normalized spacial score (nSPS) is 43.8. The molecule has 1 heterocycles. The molecule has 0 aromatic heterocycles. The second-order valence-electron chi connectivity index (χ2n) is 8.24. The zero-order valence-electron chi connectivity index (χ0n) is 13.4. The van der Waals surface area contributed by atoms with E-state index in [1.807, 2.05) is 0 Å². The van der Waals surface area contributed by atoms with Crippen molar-refractivity contribution in [3.63, 3.8) is 0 Å². The lowest BCUT2D eigenvalue weighted by Crippen LogP contribution is -2.58. The number of nitrogens with zero attached hydrogens (tertiary/aromatic N) is 1. The largest absolute Gasteiger partial charge is 0.351 e. The Morgan fingerprint density at radius 2 is 1.52 bits per heavy atom. The minimum absolute atomic E-state index is 0.0717. The van der Waals surface area contributed by atoms with Crippen LogP contribution in [0.4, 0.5) is 0 Å². The van der Waals surface area contributed by atoms with E-state index in [1.165, 1.54) is 51.4 Å². The van der Waals surface area contributed by atoms with Crippen LogP contribution in [0.25, 0.3) is 0 Å². The molecule has 21 heavy (non-hydrogen) atoms. The number of piperidine rings is 1. The molecule has 0 aromatic carbocycles. The van der Waals surface area contributed by atoms with Gasteiger partial charge in [0, 0.05) is 6.04 Å². The quantitative estimate of drug-likeness (QED) is 0.867. The number of carbonyl (C=O) groups excluding carboxylic acids is 1. The Kier molecular flexibility index (Phi) is 3.72. The molecule has 4 saturated carbocycles. The van der Waals surface area contributed by atoms with Gasteiger partial charge in [-0.05, 0) is 88.6 Å². The number of hydrogen-bond acceptors (Lipinski definition) is 2. The van der Waals surface area contributed by atoms with Crippen LogP contribution in [0.1, 0.15) is 58.3 Å². The third-order valence-corrected chi connectivity index (χ3v) is 6.85. The summed E-state index contributed by atoms with van der Waals surface area (Å²) in [5.41, 5.74) is 0. The van der Waals surface area contributed by atoms with E-state index >= 15 is 0 Å². The number of likely N-dealkylation sites (tertiary alicyclic amines) is 1. The Hall–Kier alpha value is -0.570. The summed E-state index contributed by atoms with van der Waals surface area (Å²) < 4.78 is 0. The summed E-state index contributed by atoms with van der Waals surface area (Å²) >= 11 is 0. The van der Waals surface area contributed by atoms with Crippen LogP contribution in [0, 0.1) is 23.7 Å². The van der Waals surface area contributed by atoms with E-state index in [1.54, 1.807) is 0 Å². The first-order valence-electron chi connectivity index (χ1n) is 9.25. The number of nitrogens with one attached hydrogen (secondary N) is 1. The van der Waals surface area contributed by atoms with Gasteiger partial charge in [-0.1, -0.05) is 6.42 Å². The van der Waals surface area contributed by atoms with Crippen molar-refractivity contribution in [2.24, 2.45) is 23.7 Å². The first-order chi connectivity index (χ1) is 10.2. The van der Waals surface area contributed by atoms with Gasteiger partial charge < -0.3 is 5.32 Å². The Labute approximate surface area is 128 Å². The molecule has 118 valence electrons. The van der Waals surface area contributed by atoms with Gasteiger partial charge in [0.15, 0.2) is 0 Å². The summed E-state index contributed by atoms with van der Waals surface area (Å²) in [5, 5.41) is 3.48. The number of carbonyl (C=O) groups is 1. The van der Waals surface area contributed by atoms with E-state index in [-0.39, 0.29) is 6.04 Å². The lowest BCUT2D eigenvalue weighted by atomic mass is 9.54. The van der Waals surface area contributed by atoms with Crippen LogP contribution in [-0.4, -0.2) is 36.0 Å². The highest BCUT2D eigenvalue weighted by atomic mass is 16.2. The van der Waals surface area contributed by atoms with Crippen molar-refractivity contribution in [3.05, 3.63) is 0 Å². The predicted molar refractivity (Wildman–Crippen MR) is 83.9 cm³/mol. The summed E-state index contributed by atoms with van der Waals surface area (Å²) in [6, 6.07) is 0.569. The van der Waals surface area contributed by atoms with Gasteiger partial charge in [-0.15, -0.1) is 0 Å². The predicted octanol–water partition coefficient (Wildman–Crippen LogP) is 2.80. The second kappa shape index (κ2) is 5.57. The van der Waals surface area contributed by atoms with Crippen LogP contribution >= 0.6 is 0 Å². The topological polar surface area (TPSA) is 32.3 Å². The van der Waals surface area contributed by atoms with E-state index in [0.29, 0.717) is 11.9 Å². The Morgan fingerprint density at radius 1 is 0.952 bits per heavy atom. The summed E-state index contributed by atoms with van der Waals surface area (Å²) in [7, 11) is 0. The molecule has 5 rings (SSSR count). The maximum atomic E-state index is 12.7. The highest BCUT2D eigenvalue weighted by Gasteiger charge is 2.48. The monoisotopic (exact) mass is 290 g/mol. The molecule has 4 bridgehead atoms. The van der Waals surface area contributed by atoms with Crippen molar-refractivity contribution >= 4 is 5.91 Å². The minimum atomic E-state index is 0.0717. The average Bonchev–Trinajstić information content (AvgIpc) is 2.50. The van der Waals surface area contributed by atoms with Crippen LogP contribution in [0.5, 0.6) is 0 Å². The van der Waals surface area contributed by atoms with Crippen molar-refractivity contribution in [2.75, 3.05) is 13.1 Å². The van der Waals surface area contributed by atoms with E-state index in [4.69, 9.17) is 0 Å². The first-order valence-corrected chi connectivity index (χ1v) is 9.25. The minimum Gasteiger partial charge on any atom is -0.351 e. The smallest absolute Gasteiger partial charge is 0.237 e. The van der Waals surface area contributed by atoms with E-state index in [0.717, 1.165) is 36.8 Å². The van der Waals surface area contributed by atoms with Gasteiger partial charge in [0.05, 0.1) is 6.04 Å².